The molecule has 1 atom stereocenters. The topological polar surface area (TPSA) is 50.3 Å². The Morgan fingerprint density at radius 3 is 2.54 bits per heavy atom. The van der Waals surface area contributed by atoms with Gasteiger partial charge in [0.1, 0.15) is 5.78 Å². The summed E-state index contributed by atoms with van der Waals surface area (Å²) in [5, 5.41) is 0. The predicted octanol–water partition coefficient (Wildman–Crippen LogP) is 3.68. The minimum Gasteiger partial charge on any atom is -0.337 e. The zero-order valence-electron chi connectivity index (χ0n) is 15.1. The van der Waals surface area contributed by atoms with E-state index >= 15 is 0 Å². The molecule has 0 spiro atoms. The van der Waals surface area contributed by atoms with Crippen LogP contribution in [0.5, 0.6) is 0 Å². The molecule has 1 amide bonds. The molecule has 4 rings (SSSR count). The number of Topliss-reactive ketones (excluding diaryl/α,β-unsaturated/α-hetero) is 1. The van der Waals surface area contributed by atoms with Crippen molar-refractivity contribution in [3.05, 3.63) is 65.0 Å². The Morgan fingerprint density at radius 1 is 1.14 bits per heavy atom. The maximum atomic E-state index is 13.5. The molecule has 4 nitrogen and oxygen atoms in total. The number of rotatable bonds is 2. The molecule has 0 unspecified atom stereocenters. The van der Waals surface area contributed by atoms with Gasteiger partial charge in [0.2, 0.25) is 5.91 Å². The summed E-state index contributed by atoms with van der Waals surface area (Å²) in [6, 6.07) is 10.3. The van der Waals surface area contributed by atoms with Crippen molar-refractivity contribution in [1.82, 2.24) is 9.88 Å². The number of hydrogen-bond acceptors (Lipinski definition) is 3. The third-order valence-electron chi connectivity index (χ3n) is 5.72. The SMILES string of the molecule is O=C1CC[C@@](C(=O)N2CCc3ncc(C(F)(F)F)cc3C2)(c2ccccc2)C1. The van der Waals surface area contributed by atoms with Crippen molar-refractivity contribution < 1.29 is 22.8 Å². The Morgan fingerprint density at radius 2 is 1.89 bits per heavy atom. The quantitative estimate of drug-likeness (QED) is 0.789. The van der Waals surface area contributed by atoms with Crippen LogP contribution >= 0.6 is 0 Å². The number of carbonyl (C=O) groups excluding carboxylic acids is 2. The van der Waals surface area contributed by atoms with Crippen molar-refractivity contribution in [3.63, 3.8) is 0 Å². The van der Waals surface area contributed by atoms with Gasteiger partial charge in [-0.15, -0.1) is 0 Å². The van der Waals surface area contributed by atoms with Crippen LogP contribution in [-0.4, -0.2) is 28.1 Å². The highest BCUT2D eigenvalue weighted by Gasteiger charge is 2.48. The second-order valence-corrected chi connectivity index (χ2v) is 7.47. The summed E-state index contributed by atoms with van der Waals surface area (Å²) < 4.78 is 39.1. The third kappa shape index (κ3) is 3.19. The summed E-state index contributed by atoms with van der Waals surface area (Å²) in [5.74, 6) is -0.150. The Labute approximate surface area is 160 Å². The molecule has 2 aromatic rings. The van der Waals surface area contributed by atoms with E-state index in [1.807, 2.05) is 30.3 Å². The van der Waals surface area contributed by atoms with Gasteiger partial charge in [-0.1, -0.05) is 30.3 Å². The minimum atomic E-state index is -4.47. The first-order valence-electron chi connectivity index (χ1n) is 9.21. The van der Waals surface area contributed by atoms with Gasteiger partial charge in [0.25, 0.3) is 0 Å². The first-order chi connectivity index (χ1) is 13.3. The lowest BCUT2D eigenvalue weighted by Crippen LogP contribution is -2.47. The Hall–Kier alpha value is -2.70. The predicted molar refractivity (Wildman–Crippen MR) is 95.3 cm³/mol. The van der Waals surface area contributed by atoms with Gasteiger partial charge in [0.15, 0.2) is 0 Å². The highest BCUT2D eigenvalue weighted by atomic mass is 19.4. The number of aromatic nitrogens is 1. The number of pyridine rings is 1. The summed E-state index contributed by atoms with van der Waals surface area (Å²) >= 11 is 0. The molecule has 1 aromatic carbocycles. The van der Waals surface area contributed by atoms with Crippen LogP contribution in [-0.2, 0) is 34.1 Å². The van der Waals surface area contributed by atoms with Crippen molar-refractivity contribution in [1.29, 1.82) is 0 Å². The van der Waals surface area contributed by atoms with Crippen LogP contribution < -0.4 is 0 Å². The lowest BCUT2D eigenvalue weighted by atomic mass is 9.77. The molecule has 1 aromatic heterocycles. The fourth-order valence-corrected chi connectivity index (χ4v) is 4.23. The molecule has 0 saturated heterocycles. The number of hydrogen-bond donors (Lipinski definition) is 0. The lowest BCUT2D eigenvalue weighted by Gasteiger charge is -2.37. The number of alkyl halides is 3. The standard InChI is InChI=1S/C21H19F3N2O2/c22-21(23,24)16-10-14-13-26(9-7-18(14)25-12-16)19(28)20(8-6-17(27)11-20)15-4-2-1-3-5-15/h1-5,10,12H,6-9,11,13H2/t20-/m0/s1. The van der Waals surface area contributed by atoms with Crippen LogP contribution in [0.25, 0.3) is 0 Å². The molecule has 2 aliphatic rings. The lowest BCUT2D eigenvalue weighted by molar-refractivity contribution is -0.139. The Bertz CT molecular complexity index is 927. The van der Waals surface area contributed by atoms with Crippen LogP contribution in [0, 0.1) is 0 Å². The molecule has 146 valence electrons. The smallest absolute Gasteiger partial charge is 0.337 e. The average Bonchev–Trinajstić information content (AvgIpc) is 3.09. The molecule has 2 heterocycles. The van der Waals surface area contributed by atoms with Crippen molar-refractivity contribution in [2.75, 3.05) is 6.54 Å². The number of fused-ring (bicyclic) bond motifs is 1. The van der Waals surface area contributed by atoms with Gasteiger partial charge in [0, 0.05) is 44.2 Å². The largest absolute Gasteiger partial charge is 0.417 e. The van der Waals surface area contributed by atoms with Gasteiger partial charge >= 0.3 is 6.18 Å². The molecule has 0 radical (unpaired) electrons. The molecule has 7 heteroatoms. The van der Waals surface area contributed by atoms with E-state index < -0.39 is 17.2 Å². The van der Waals surface area contributed by atoms with Gasteiger partial charge in [-0.2, -0.15) is 13.2 Å². The van der Waals surface area contributed by atoms with Crippen molar-refractivity contribution >= 4 is 11.7 Å². The maximum absolute atomic E-state index is 13.5. The highest BCUT2D eigenvalue weighted by molar-refractivity contribution is 5.97. The van der Waals surface area contributed by atoms with E-state index in [2.05, 4.69) is 4.98 Å². The summed E-state index contributed by atoms with van der Waals surface area (Å²) in [7, 11) is 0. The summed E-state index contributed by atoms with van der Waals surface area (Å²) in [6.45, 7) is 0.459. The Balaban J connectivity index is 1.66. The second kappa shape index (κ2) is 6.72. The number of halogens is 3. The Kier molecular flexibility index (Phi) is 4.48. The van der Waals surface area contributed by atoms with Crippen LogP contribution in [0.15, 0.2) is 42.6 Å². The molecular formula is C21H19F3N2O2. The molecule has 28 heavy (non-hydrogen) atoms. The van der Waals surface area contributed by atoms with E-state index in [1.54, 1.807) is 4.90 Å². The van der Waals surface area contributed by atoms with E-state index in [1.165, 1.54) is 0 Å². The van der Waals surface area contributed by atoms with Crippen LogP contribution in [0.4, 0.5) is 13.2 Å². The zero-order chi connectivity index (χ0) is 19.9. The average molecular weight is 388 g/mol. The van der Waals surface area contributed by atoms with Crippen LogP contribution in [0.2, 0.25) is 0 Å². The fourth-order valence-electron chi connectivity index (χ4n) is 4.23. The number of ketones is 1. The normalized spacial score (nSPS) is 22.2. The molecule has 0 bridgehead atoms. The minimum absolute atomic E-state index is 0.0376. The summed E-state index contributed by atoms with van der Waals surface area (Å²) in [5.41, 5.74) is 0.0636. The third-order valence-corrected chi connectivity index (χ3v) is 5.72. The molecule has 1 saturated carbocycles. The first-order valence-corrected chi connectivity index (χ1v) is 9.21. The van der Waals surface area contributed by atoms with Crippen LogP contribution in [0.3, 0.4) is 0 Å². The van der Waals surface area contributed by atoms with Gasteiger partial charge in [-0.25, -0.2) is 0 Å². The number of benzene rings is 1. The monoisotopic (exact) mass is 388 g/mol. The molecular weight excluding hydrogens is 369 g/mol. The molecule has 1 aliphatic heterocycles. The summed E-state index contributed by atoms with van der Waals surface area (Å²) in [4.78, 5) is 31.1. The second-order valence-electron chi connectivity index (χ2n) is 7.47. The van der Waals surface area contributed by atoms with Crippen LogP contribution in [0.1, 0.15) is 41.6 Å². The summed E-state index contributed by atoms with van der Waals surface area (Å²) in [6.07, 6.45) is -2.32. The number of carbonyl (C=O) groups is 2. The van der Waals surface area contributed by atoms with E-state index in [4.69, 9.17) is 0 Å². The van der Waals surface area contributed by atoms with E-state index in [-0.39, 0.29) is 24.7 Å². The molecule has 1 aliphatic carbocycles. The van der Waals surface area contributed by atoms with E-state index in [0.717, 1.165) is 17.8 Å². The van der Waals surface area contributed by atoms with Gasteiger partial charge in [0.05, 0.1) is 11.0 Å². The number of amides is 1. The fraction of sp³-hybridized carbons (Fsp3) is 0.381. The van der Waals surface area contributed by atoms with Crippen molar-refractivity contribution in [2.24, 2.45) is 0 Å². The molecule has 0 N–H and O–H groups in total. The molecule has 1 fully saturated rings. The van der Waals surface area contributed by atoms with Gasteiger partial charge < -0.3 is 4.90 Å². The highest BCUT2D eigenvalue weighted by Crippen LogP contribution is 2.42. The van der Waals surface area contributed by atoms with E-state index in [9.17, 15) is 22.8 Å². The van der Waals surface area contributed by atoms with E-state index in [0.29, 0.717) is 37.1 Å². The maximum Gasteiger partial charge on any atom is 0.417 e. The first kappa shape index (κ1) is 18.7. The van der Waals surface area contributed by atoms with Crippen molar-refractivity contribution in [3.8, 4) is 0 Å². The van der Waals surface area contributed by atoms with Gasteiger partial charge in [-0.3, -0.25) is 14.6 Å². The number of nitrogens with zero attached hydrogens (tertiary/aromatic N) is 2. The van der Waals surface area contributed by atoms with Crippen molar-refractivity contribution in [2.45, 2.75) is 43.8 Å². The zero-order valence-corrected chi connectivity index (χ0v) is 15.1. The van der Waals surface area contributed by atoms with Gasteiger partial charge in [-0.05, 0) is 23.6 Å².